The third kappa shape index (κ3) is 3.67. The number of nitrogens with zero attached hydrogens (tertiary/aromatic N) is 1. The molecule has 0 aliphatic heterocycles. The molecule has 0 saturated carbocycles. The minimum Gasteiger partial charge on any atom is -0.478 e. The number of para-hydroxylation sites is 1. The average Bonchev–Trinajstić information content (AvgIpc) is 2.38. The summed E-state index contributed by atoms with van der Waals surface area (Å²) < 4.78 is 13.6. The fourth-order valence-corrected chi connectivity index (χ4v) is 1.73. The Morgan fingerprint density at radius 1 is 1.32 bits per heavy atom. The molecule has 0 aliphatic rings. The lowest BCUT2D eigenvalue weighted by atomic mass is 10.1. The van der Waals surface area contributed by atoms with Gasteiger partial charge >= 0.3 is 5.97 Å². The van der Waals surface area contributed by atoms with Gasteiger partial charge in [0.05, 0.1) is 17.8 Å². The van der Waals surface area contributed by atoms with Crippen molar-refractivity contribution in [2.75, 3.05) is 25.0 Å². The van der Waals surface area contributed by atoms with Crippen LogP contribution in [0.25, 0.3) is 0 Å². The highest BCUT2D eigenvalue weighted by atomic mass is 19.1. The molecule has 6 heteroatoms. The van der Waals surface area contributed by atoms with E-state index >= 15 is 0 Å². The van der Waals surface area contributed by atoms with Gasteiger partial charge in [0.25, 0.3) is 0 Å². The molecule has 0 bridgehead atoms. The molecule has 2 N–H and O–H groups in total. The van der Waals surface area contributed by atoms with Crippen LogP contribution in [0.2, 0.25) is 0 Å². The van der Waals surface area contributed by atoms with E-state index in [1.54, 1.807) is 4.90 Å². The van der Waals surface area contributed by atoms with Gasteiger partial charge in [-0.15, -0.1) is 0 Å². The molecule has 0 aromatic heterocycles. The Hall–Kier alpha value is -2.11. The quantitative estimate of drug-likeness (QED) is 0.825. The number of aromatic carboxylic acids is 1. The lowest BCUT2D eigenvalue weighted by Crippen LogP contribution is -2.35. The van der Waals surface area contributed by atoms with Crippen molar-refractivity contribution in [2.45, 2.75) is 13.8 Å². The van der Waals surface area contributed by atoms with Crippen molar-refractivity contribution in [3.8, 4) is 0 Å². The summed E-state index contributed by atoms with van der Waals surface area (Å²) in [6.07, 6.45) is 0. The minimum absolute atomic E-state index is 0.136. The van der Waals surface area contributed by atoms with E-state index in [0.717, 1.165) is 6.07 Å². The Balaban J connectivity index is 2.83. The molecule has 0 fully saturated rings. The fourth-order valence-electron chi connectivity index (χ4n) is 1.73. The molecule has 0 unspecified atom stereocenters. The molecule has 1 aromatic carbocycles. The van der Waals surface area contributed by atoms with Gasteiger partial charge < -0.3 is 15.3 Å². The number of carboxylic acid groups (broad SMARTS) is 1. The predicted octanol–water partition coefficient (Wildman–Crippen LogP) is 1.80. The number of hydrogen-bond acceptors (Lipinski definition) is 3. The third-order valence-corrected chi connectivity index (χ3v) is 2.78. The van der Waals surface area contributed by atoms with Crippen LogP contribution in [0, 0.1) is 5.82 Å². The first kappa shape index (κ1) is 14.9. The molecule has 104 valence electrons. The van der Waals surface area contributed by atoms with Crippen LogP contribution in [0.3, 0.4) is 0 Å². The van der Waals surface area contributed by atoms with Crippen LogP contribution in [0.5, 0.6) is 0 Å². The molecule has 0 heterocycles. The number of benzene rings is 1. The zero-order chi connectivity index (χ0) is 14.4. The summed E-state index contributed by atoms with van der Waals surface area (Å²) in [5.41, 5.74) is -0.345. The number of carboxylic acids is 1. The number of carbonyl (C=O) groups is 2. The van der Waals surface area contributed by atoms with Crippen LogP contribution in [-0.2, 0) is 4.79 Å². The molecule has 0 aliphatic carbocycles. The molecular weight excluding hydrogens is 251 g/mol. The monoisotopic (exact) mass is 268 g/mol. The number of carbonyl (C=O) groups excluding carboxylic acids is 1. The molecule has 0 saturated heterocycles. The van der Waals surface area contributed by atoms with E-state index in [9.17, 15) is 14.0 Å². The zero-order valence-corrected chi connectivity index (χ0v) is 10.9. The number of anilines is 1. The second kappa shape index (κ2) is 6.72. The maximum Gasteiger partial charge on any atom is 0.337 e. The number of nitrogens with one attached hydrogen (secondary N) is 1. The molecule has 0 spiro atoms. The van der Waals surface area contributed by atoms with Crippen molar-refractivity contribution in [3.05, 3.63) is 29.6 Å². The van der Waals surface area contributed by atoms with Crippen LogP contribution in [0.4, 0.5) is 10.1 Å². The topological polar surface area (TPSA) is 69.6 Å². The van der Waals surface area contributed by atoms with Crippen molar-refractivity contribution in [1.29, 1.82) is 0 Å². The number of hydrogen-bond donors (Lipinski definition) is 2. The van der Waals surface area contributed by atoms with E-state index in [1.807, 2.05) is 13.8 Å². The number of amides is 1. The molecule has 1 amide bonds. The third-order valence-electron chi connectivity index (χ3n) is 2.78. The van der Waals surface area contributed by atoms with Crippen LogP contribution in [-0.4, -0.2) is 41.5 Å². The molecule has 19 heavy (non-hydrogen) atoms. The van der Waals surface area contributed by atoms with Crippen LogP contribution >= 0.6 is 0 Å². The second-order valence-corrected chi connectivity index (χ2v) is 3.89. The fraction of sp³-hybridized carbons (Fsp3) is 0.385. The SMILES string of the molecule is CCN(CC)C(=O)CNc1c(F)cccc1C(=O)O. The van der Waals surface area contributed by atoms with Gasteiger partial charge in [0.2, 0.25) is 5.91 Å². The minimum atomic E-state index is -1.24. The Morgan fingerprint density at radius 3 is 2.47 bits per heavy atom. The predicted molar refractivity (Wildman–Crippen MR) is 69.8 cm³/mol. The van der Waals surface area contributed by atoms with Crippen molar-refractivity contribution in [3.63, 3.8) is 0 Å². The second-order valence-electron chi connectivity index (χ2n) is 3.89. The first-order valence-electron chi connectivity index (χ1n) is 6.04. The van der Waals surface area contributed by atoms with Crippen molar-refractivity contribution >= 4 is 17.6 Å². The summed E-state index contributed by atoms with van der Waals surface area (Å²) in [4.78, 5) is 24.3. The summed E-state index contributed by atoms with van der Waals surface area (Å²) in [6, 6.07) is 3.75. The Labute approximate surface area is 111 Å². The molecule has 0 atom stereocenters. The Kier molecular flexibility index (Phi) is 5.29. The lowest BCUT2D eigenvalue weighted by Gasteiger charge is -2.19. The van der Waals surface area contributed by atoms with Gasteiger partial charge in [0.15, 0.2) is 0 Å². The highest BCUT2D eigenvalue weighted by molar-refractivity contribution is 5.95. The lowest BCUT2D eigenvalue weighted by molar-refractivity contribution is -0.128. The van der Waals surface area contributed by atoms with E-state index in [1.165, 1.54) is 12.1 Å². The molecular formula is C13H17FN2O3. The Bertz CT molecular complexity index is 473. The molecule has 0 radical (unpaired) electrons. The summed E-state index contributed by atoms with van der Waals surface area (Å²) in [5, 5.41) is 11.5. The summed E-state index contributed by atoms with van der Waals surface area (Å²) in [6.45, 7) is 4.66. The van der Waals surface area contributed by atoms with Gasteiger partial charge in [-0.2, -0.15) is 0 Å². The zero-order valence-electron chi connectivity index (χ0n) is 10.9. The standard InChI is InChI=1S/C13H17FN2O3/c1-3-16(4-2)11(17)8-15-12-9(13(18)19)6-5-7-10(12)14/h5-7,15H,3-4,8H2,1-2H3,(H,18,19). The van der Waals surface area contributed by atoms with E-state index < -0.39 is 11.8 Å². The van der Waals surface area contributed by atoms with Crippen molar-refractivity contribution in [1.82, 2.24) is 4.90 Å². The Morgan fingerprint density at radius 2 is 1.95 bits per heavy atom. The van der Waals surface area contributed by atoms with Gasteiger partial charge in [0.1, 0.15) is 5.82 Å². The van der Waals surface area contributed by atoms with Crippen molar-refractivity contribution in [2.24, 2.45) is 0 Å². The number of likely N-dealkylation sites (N-methyl/N-ethyl adjacent to an activating group) is 1. The summed E-state index contributed by atoms with van der Waals surface area (Å²) in [7, 11) is 0. The normalized spacial score (nSPS) is 10.1. The van der Waals surface area contributed by atoms with E-state index in [2.05, 4.69) is 5.32 Å². The molecule has 5 nitrogen and oxygen atoms in total. The van der Waals surface area contributed by atoms with Gasteiger partial charge in [-0.1, -0.05) is 6.07 Å². The summed E-state index contributed by atoms with van der Waals surface area (Å²) in [5.74, 6) is -2.13. The maximum atomic E-state index is 13.6. The first-order valence-corrected chi connectivity index (χ1v) is 6.04. The molecule has 1 rings (SSSR count). The molecule has 1 aromatic rings. The largest absolute Gasteiger partial charge is 0.478 e. The highest BCUT2D eigenvalue weighted by Crippen LogP contribution is 2.19. The smallest absolute Gasteiger partial charge is 0.337 e. The van der Waals surface area contributed by atoms with Gasteiger partial charge in [-0.25, -0.2) is 9.18 Å². The van der Waals surface area contributed by atoms with Crippen LogP contribution in [0.1, 0.15) is 24.2 Å². The van der Waals surface area contributed by atoms with Crippen molar-refractivity contribution < 1.29 is 19.1 Å². The highest BCUT2D eigenvalue weighted by Gasteiger charge is 2.16. The van der Waals surface area contributed by atoms with E-state index in [0.29, 0.717) is 13.1 Å². The summed E-state index contributed by atoms with van der Waals surface area (Å²) >= 11 is 0. The first-order chi connectivity index (χ1) is 9.01. The number of rotatable bonds is 6. The van der Waals surface area contributed by atoms with Crippen LogP contribution in [0.15, 0.2) is 18.2 Å². The van der Waals surface area contributed by atoms with Crippen LogP contribution < -0.4 is 5.32 Å². The van der Waals surface area contributed by atoms with Gasteiger partial charge in [-0.3, -0.25) is 4.79 Å². The van der Waals surface area contributed by atoms with E-state index in [-0.39, 0.29) is 23.7 Å². The van der Waals surface area contributed by atoms with Gasteiger partial charge in [0, 0.05) is 13.1 Å². The number of halogens is 1. The average molecular weight is 268 g/mol. The maximum absolute atomic E-state index is 13.6. The van der Waals surface area contributed by atoms with E-state index in [4.69, 9.17) is 5.11 Å². The van der Waals surface area contributed by atoms with Gasteiger partial charge in [-0.05, 0) is 26.0 Å².